The largest absolute Gasteiger partial charge is 0.338 e. The van der Waals surface area contributed by atoms with Crippen LogP contribution >= 0.6 is 23.2 Å². The maximum absolute atomic E-state index is 6.12. The average Bonchev–Trinajstić information content (AvgIpc) is 3.15. The van der Waals surface area contributed by atoms with E-state index in [-0.39, 0.29) is 0 Å². The molecule has 4 nitrogen and oxygen atoms in total. The van der Waals surface area contributed by atoms with E-state index in [0.717, 1.165) is 22.4 Å². The fourth-order valence-electron chi connectivity index (χ4n) is 2.40. The summed E-state index contributed by atoms with van der Waals surface area (Å²) in [6, 6.07) is 11.3. The van der Waals surface area contributed by atoms with Crippen molar-refractivity contribution in [3.63, 3.8) is 0 Å². The molecule has 3 aromatic heterocycles. The van der Waals surface area contributed by atoms with Gasteiger partial charge in [0.2, 0.25) is 0 Å². The van der Waals surface area contributed by atoms with Crippen molar-refractivity contribution in [2.45, 2.75) is 0 Å². The Morgan fingerprint density at radius 3 is 2.64 bits per heavy atom. The van der Waals surface area contributed by atoms with Crippen LogP contribution in [0.25, 0.3) is 28.2 Å². The molecular weight excluding hydrogens is 319 g/mol. The molecule has 0 atom stereocenters. The lowest BCUT2D eigenvalue weighted by atomic mass is 10.2. The first kappa shape index (κ1) is 13.4. The molecule has 1 N–H and O–H groups in total. The highest BCUT2D eigenvalue weighted by Crippen LogP contribution is 2.28. The van der Waals surface area contributed by atoms with Gasteiger partial charge in [-0.15, -0.1) is 0 Å². The highest BCUT2D eigenvalue weighted by Gasteiger charge is 2.13. The lowest BCUT2D eigenvalue weighted by Gasteiger charge is -2.07. The number of hydrogen-bond donors (Lipinski definition) is 1. The molecule has 3 heterocycles. The SMILES string of the molecule is Clc1cnc(-n2cccc2)c(-c2nc3ccc(Cl)cc3[nH]2)c1. The van der Waals surface area contributed by atoms with Gasteiger partial charge in [0.05, 0.1) is 21.6 Å². The number of nitrogens with one attached hydrogen (secondary N) is 1. The van der Waals surface area contributed by atoms with Crippen molar-refractivity contribution in [2.75, 3.05) is 0 Å². The van der Waals surface area contributed by atoms with Crippen molar-refractivity contribution in [1.29, 1.82) is 0 Å². The Morgan fingerprint density at radius 1 is 1.00 bits per heavy atom. The number of H-pyrrole nitrogens is 1. The Hall–Kier alpha value is -2.30. The van der Waals surface area contributed by atoms with Gasteiger partial charge in [0, 0.05) is 23.6 Å². The van der Waals surface area contributed by atoms with Gasteiger partial charge < -0.3 is 9.55 Å². The lowest BCUT2D eigenvalue weighted by molar-refractivity contribution is 1.01. The van der Waals surface area contributed by atoms with Gasteiger partial charge in [0.1, 0.15) is 11.6 Å². The van der Waals surface area contributed by atoms with E-state index in [1.165, 1.54) is 0 Å². The number of fused-ring (bicyclic) bond motifs is 1. The van der Waals surface area contributed by atoms with Crippen molar-refractivity contribution >= 4 is 34.2 Å². The van der Waals surface area contributed by atoms with Gasteiger partial charge in [-0.25, -0.2) is 9.97 Å². The first-order chi connectivity index (χ1) is 10.7. The summed E-state index contributed by atoms with van der Waals surface area (Å²) in [7, 11) is 0. The second-order valence-corrected chi connectivity index (χ2v) is 5.73. The number of rotatable bonds is 2. The van der Waals surface area contributed by atoms with Crippen LogP contribution in [0.4, 0.5) is 0 Å². The standard InChI is InChI=1S/C16H10Cl2N4/c17-10-3-4-13-14(8-10)21-15(20-13)12-7-11(18)9-19-16(12)22-5-1-2-6-22/h1-9H,(H,20,21). The van der Waals surface area contributed by atoms with Gasteiger partial charge in [-0.3, -0.25) is 0 Å². The normalized spacial score (nSPS) is 11.2. The molecule has 0 radical (unpaired) electrons. The molecule has 6 heteroatoms. The summed E-state index contributed by atoms with van der Waals surface area (Å²) in [5.74, 6) is 1.47. The molecule has 0 saturated carbocycles. The number of nitrogens with zero attached hydrogens (tertiary/aromatic N) is 3. The highest BCUT2D eigenvalue weighted by atomic mass is 35.5. The third-order valence-electron chi connectivity index (χ3n) is 3.38. The fraction of sp³-hybridized carbons (Fsp3) is 0. The summed E-state index contributed by atoms with van der Waals surface area (Å²) in [6.07, 6.45) is 5.48. The fourth-order valence-corrected chi connectivity index (χ4v) is 2.73. The van der Waals surface area contributed by atoms with Gasteiger partial charge in [-0.2, -0.15) is 0 Å². The third kappa shape index (κ3) is 2.26. The van der Waals surface area contributed by atoms with E-state index in [1.807, 2.05) is 53.4 Å². The summed E-state index contributed by atoms with van der Waals surface area (Å²) < 4.78 is 1.92. The lowest BCUT2D eigenvalue weighted by Crippen LogP contribution is -1.98. The van der Waals surface area contributed by atoms with E-state index >= 15 is 0 Å². The first-order valence-electron chi connectivity index (χ1n) is 6.65. The summed E-state index contributed by atoms with van der Waals surface area (Å²) in [4.78, 5) is 12.3. The van der Waals surface area contributed by atoms with Crippen molar-refractivity contribution in [3.05, 3.63) is 65.0 Å². The molecule has 22 heavy (non-hydrogen) atoms. The minimum absolute atomic E-state index is 0.560. The van der Waals surface area contributed by atoms with E-state index < -0.39 is 0 Å². The average molecular weight is 329 g/mol. The first-order valence-corrected chi connectivity index (χ1v) is 7.41. The molecule has 4 aromatic rings. The zero-order valence-electron chi connectivity index (χ0n) is 11.3. The quantitative estimate of drug-likeness (QED) is 0.578. The molecule has 0 saturated heterocycles. The molecule has 108 valence electrons. The molecule has 0 fully saturated rings. The highest BCUT2D eigenvalue weighted by molar-refractivity contribution is 6.31. The molecule has 1 aromatic carbocycles. The van der Waals surface area contributed by atoms with Crippen LogP contribution in [0, 0.1) is 0 Å². The second kappa shape index (κ2) is 5.16. The van der Waals surface area contributed by atoms with Crippen LogP contribution in [0.15, 0.2) is 55.0 Å². The molecule has 0 spiro atoms. The van der Waals surface area contributed by atoms with E-state index in [1.54, 1.807) is 6.20 Å². The number of benzene rings is 1. The number of hydrogen-bond acceptors (Lipinski definition) is 2. The van der Waals surface area contributed by atoms with E-state index in [4.69, 9.17) is 23.2 Å². The Kier molecular flexibility index (Phi) is 3.13. The van der Waals surface area contributed by atoms with Crippen LogP contribution in [0.5, 0.6) is 0 Å². The van der Waals surface area contributed by atoms with Gasteiger partial charge in [-0.1, -0.05) is 23.2 Å². The number of halogens is 2. The number of aromatic amines is 1. The van der Waals surface area contributed by atoms with Crippen molar-refractivity contribution in [2.24, 2.45) is 0 Å². The van der Waals surface area contributed by atoms with E-state index in [2.05, 4.69) is 15.0 Å². The molecule has 0 amide bonds. The molecule has 0 aliphatic heterocycles. The Morgan fingerprint density at radius 2 is 1.82 bits per heavy atom. The van der Waals surface area contributed by atoms with Crippen LogP contribution in [-0.2, 0) is 0 Å². The van der Waals surface area contributed by atoms with E-state index in [9.17, 15) is 0 Å². The zero-order chi connectivity index (χ0) is 15.1. The molecule has 0 aliphatic rings. The maximum Gasteiger partial charge on any atom is 0.147 e. The predicted octanol–water partition coefficient (Wildman–Crippen LogP) is 4.72. The van der Waals surface area contributed by atoms with Crippen LogP contribution in [0.2, 0.25) is 10.0 Å². The Labute approximate surface area is 136 Å². The molecule has 0 unspecified atom stereocenters. The second-order valence-electron chi connectivity index (χ2n) is 4.86. The summed E-state index contributed by atoms with van der Waals surface area (Å²) in [5.41, 5.74) is 2.55. The van der Waals surface area contributed by atoms with Crippen LogP contribution < -0.4 is 0 Å². The summed E-state index contributed by atoms with van der Waals surface area (Å²) >= 11 is 12.1. The number of imidazole rings is 1. The zero-order valence-corrected chi connectivity index (χ0v) is 12.8. The number of pyridine rings is 1. The molecule has 4 rings (SSSR count). The molecule has 0 bridgehead atoms. The Balaban J connectivity index is 1.95. The van der Waals surface area contributed by atoms with Gasteiger partial charge in [-0.05, 0) is 36.4 Å². The van der Waals surface area contributed by atoms with Gasteiger partial charge in [0.15, 0.2) is 0 Å². The van der Waals surface area contributed by atoms with Crippen LogP contribution in [-0.4, -0.2) is 19.5 Å². The summed E-state index contributed by atoms with van der Waals surface area (Å²) in [5, 5.41) is 1.22. The van der Waals surface area contributed by atoms with Crippen molar-refractivity contribution < 1.29 is 0 Å². The minimum Gasteiger partial charge on any atom is -0.338 e. The molecular formula is C16H10Cl2N4. The van der Waals surface area contributed by atoms with Crippen LogP contribution in [0.1, 0.15) is 0 Å². The summed E-state index contributed by atoms with van der Waals surface area (Å²) in [6.45, 7) is 0. The number of aromatic nitrogens is 4. The van der Waals surface area contributed by atoms with Crippen LogP contribution in [0.3, 0.4) is 0 Å². The van der Waals surface area contributed by atoms with Crippen molar-refractivity contribution in [3.8, 4) is 17.2 Å². The smallest absolute Gasteiger partial charge is 0.147 e. The predicted molar refractivity (Wildman–Crippen MR) is 88.7 cm³/mol. The molecule has 0 aliphatic carbocycles. The van der Waals surface area contributed by atoms with Crippen molar-refractivity contribution in [1.82, 2.24) is 19.5 Å². The Bertz CT molecular complexity index is 958. The minimum atomic E-state index is 0.560. The van der Waals surface area contributed by atoms with Gasteiger partial charge in [0.25, 0.3) is 0 Å². The maximum atomic E-state index is 6.12. The van der Waals surface area contributed by atoms with Gasteiger partial charge >= 0.3 is 0 Å². The third-order valence-corrected chi connectivity index (χ3v) is 3.82. The van der Waals surface area contributed by atoms with E-state index in [0.29, 0.717) is 15.9 Å². The topological polar surface area (TPSA) is 46.5 Å². The monoisotopic (exact) mass is 328 g/mol.